The number of hydrogen-bond donors (Lipinski definition) is 0. The van der Waals surface area contributed by atoms with Gasteiger partial charge in [-0.05, 0) is 13.0 Å². The monoisotopic (exact) mass is 247 g/mol. The minimum absolute atomic E-state index is 0.00382. The molecule has 0 radical (unpaired) electrons. The molecule has 0 saturated heterocycles. The minimum Gasteiger partial charge on any atom is -0.267 e. The number of oxime groups is 1. The van der Waals surface area contributed by atoms with Gasteiger partial charge < -0.3 is 0 Å². The summed E-state index contributed by atoms with van der Waals surface area (Å²) in [6, 6.07) is 7.18. The van der Waals surface area contributed by atoms with Crippen LogP contribution in [0.25, 0.3) is 0 Å². The van der Waals surface area contributed by atoms with E-state index in [9.17, 15) is 8.42 Å². The van der Waals surface area contributed by atoms with Gasteiger partial charge in [-0.3, -0.25) is 4.28 Å². The van der Waals surface area contributed by atoms with E-state index < -0.39 is 10.1 Å². The first-order valence-corrected chi connectivity index (χ1v) is 6.27. The minimum atomic E-state index is -3.61. The summed E-state index contributed by atoms with van der Waals surface area (Å²) in [6.45, 7) is 1.89. The number of hydrogen-bond acceptors (Lipinski definition) is 4. The van der Waals surface area contributed by atoms with Crippen LogP contribution in [0.3, 0.4) is 0 Å². The van der Waals surface area contributed by atoms with Gasteiger partial charge in [0.15, 0.2) is 5.17 Å². The second-order valence-electron chi connectivity index (χ2n) is 3.03. The highest BCUT2D eigenvalue weighted by Gasteiger charge is 2.04. The van der Waals surface area contributed by atoms with Crippen molar-refractivity contribution in [2.75, 3.05) is 6.26 Å². The molecule has 0 unspecified atom stereocenters. The first-order valence-electron chi connectivity index (χ1n) is 4.07. The lowest BCUT2D eigenvalue weighted by molar-refractivity contribution is 0.344. The standard InChI is InChI=1S/C9H10ClNO3S/c1-7-4-3-5-8(6-7)9(10)11-14-15(2,12)13/h3-6H,1-2H3/b11-9-. The van der Waals surface area contributed by atoms with E-state index in [1.807, 2.05) is 13.0 Å². The molecule has 0 aromatic heterocycles. The predicted molar refractivity (Wildman–Crippen MR) is 59.5 cm³/mol. The highest BCUT2D eigenvalue weighted by atomic mass is 35.5. The second kappa shape index (κ2) is 4.63. The van der Waals surface area contributed by atoms with Crippen molar-refractivity contribution >= 4 is 26.9 Å². The topological polar surface area (TPSA) is 55.7 Å². The van der Waals surface area contributed by atoms with E-state index in [4.69, 9.17) is 11.6 Å². The molecule has 0 saturated carbocycles. The molecule has 0 aliphatic heterocycles. The van der Waals surface area contributed by atoms with E-state index in [-0.39, 0.29) is 5.17 Å². The third kappa shape index (κ3) is 4.31. The van der Waals surface area contributed by atoms with Crippen LogP contribution < -0.4 is 0 Å². The molecule has 0 spiro atoms. The molecule has 0 heterocycles. The van der Waals surface area contributed by atoms with Crippen molar-refractivity contribution in [3.8, 4) is 0 Å². The molecule has 0 fully saturated rings. The molecule has 15 heavy (non-hydrogen) atoms. The van der Waals surface area contributed by atoms with E-state index in [0.29, 0.717) is 5.56 Å². The summed E-state index contributed by atoms with van der Waals surface area (Å²) in [6.07, 6.45) is 0.900. The quantitative estimate of drug-likeness (QED) is 0.605. The van der Waals surface area contributed by atoms with Crippen molar-refractivity contribution in [2.45, 2.75) is 6.92 Å². The van der Waals surface area contributed by atoms with Crippen LogP contribution in [0.2, 0.25) is 0 Å². The Hall–Kier alpha value is -1.07. The molecule has 0 amide bonds. The fraction of sp³-hybridized carbons (Fsp3) is 0.222. The summed E-state index contributed by atoms with van der Waals surface area (Å²) in [5.41, 5.74) is 1.61. The average molecular weight is 248 g/mol. The molecule has 1 rings (SSSR count). The maximum Gasteiger partial charge on any atom is 0.325 e. The molecule has 1 aromatic rings. The Morgan fingerprint density at radius 2 is 2.13 bits per heavy atom. The average Bonchev–Trinajstić information content (AvgIpc) is 2.13. The highest BCUT2D eigenvalue weighted by molar-refractivity contribution is 7.85. The van der Waals surface area contributed by atoms with Crippen LogP contribution >= 0.6 is 11.6 Å². The third-order valence-electron chi connectivity index (χ3n) is 1.51. The van der Waals surface area contributed by atoms with Gasteiger partial charge in [0.2, 0.25) is 0 Å². The van der Waals surface area contributed by atoms with Crippen molar-refractivity contribution in [1.29, 1.82) is 0 Å². The third-order valence-corrected chi connectivity index (χ3v) is 2.14. The molecule has 4 nitrogen and oxygen atoms in total. The largest absolute Gasteiger partial charge is 0.325 e. The molecule has 82 valence electrons. The second-order valence-corrected chi connectivity index (χ2v) is 4.95. The van der Waals surface area contributed by atoms with Crippen LogP contribution in [0.4, 0.5) is 0 Å². The Kier molecular flexibility index (Phi) is 3.71. The van der Waals surface area contributed by atoms with E-state index in [2.05, 4.69) is 9.44 Å². The Morgan fingerprint density at radius 1 is 1.47 bits per heavy atom. The van der Waals surface area contributed by atoms with Crippen LogP contribution in [-0.2, 0) is 14.4 Å². The molecule has 0 aliphatic rings. The summed E-state index contributed by atoms with van der Waals surface area (Å²) in [5, 5.41) is 3.30. The lowest BCUT2D eigenvalue weighted by atomic mass is 10.1. The van der Waals surface area contributed by atoms with Gasteiger partial charge >= 0.3 is 10.1 Å². The summed E-state index contributed by atoms with van der Waals surface area (Å²) < 4.78 is 25.5. The predicted octanol–water partition coefficient (Wildman–Crippen LogP) is 1.87. The van der Waals surface area contributed by atoms with Crippen LogP contribution in [0, 0.1) is 6.92 Å². The van der Waals surface area contributed by atoms with E-state index in [1.54, 1.807) is 18.2 Å². The number of benzene rings is 1. The number of nitrogens with zero attached hydrogens (tertiary/aromatic N) is 1. The Morgan fingerprint density at radius 3 is 2.67 bits per heavy atom. The van der Waals surface area contributed by atoms with Crippen molar-refractivity contribution < 1.29 is 12.7 Å². The van der Waals surface area contributed by atoms with Gasteiger partial charge in [-0.25, -0.2) is 0 Å². The normalized spacial score (nSPS) is 12.6. The zero-order valence-electron chi connectivity index (χ0n) is 8.27. The van der Waals surface area contributed by atoms with Gasteiger partial charge in [0.05, 0.1) is 6.26 Å². The lowest BCUT2D eigenvalue weighted by Gasteiger charge is -1.99. The van der Waals surface area contributed by atoms with Crippen molar-refractivity contribution in [2.24, 2.45) is 5.16 Å². The van der Waals surface area contributed by atoms with Crippen LogP contribution in [-0.4, -0.2) is 19.8 Å². The van der Waals surface area contributed by atoms with Gasteiger partial charge in [-0.2, -0.15) is 8.42 Å². The zero-order valence-corrected chi connectivity index (χ0v) is 9.84. The molecule has 0 bridgehead atoms. The highest BCUT2D eigenvalue weighted by Crippen LogP contribution is 2.08. The lowest BCUT2D eigenvalue weighted by Crippen LogP contribution is -2.00. The molecule has 6 heteroatoms. The first kappa shape index (κ1) is 12.0. The van der Waals surface area contributed by atoms with Gasteiger partial charge in [0.25, 0.3) is 0 Å². The van der Waals surface area contributed by atoms with Crippen LogP contribution in [0.15, 0.2) is 29.4 Å². The summed E-state index contributed by atoms with van der Waals surface area (Å²) in [4.78, 5) is 0. The summed E-state index contributed by atoms with van der Waals surface area (Å²) in [7, 11) is -3.61. The van der Waals surface area contributed by atoms with E-state index in [0.717, 1.165) is 11.8 Å². The molecule has 0 atom stereocenters. The number of aryl methyl sites for hydroxylation is 1. The molecular weight excluding hydrogens is 238 g/mol. The van der Waals surface area contributed by atoms with E-state index >= 15 is 0 Å². The fourth-order valence-corrected chi connectivity index (χ4v) is 1.33. The number of rotatable bonds is 3. The van der Waals surface area contributed by atoms with Crippen LogP contribution in [0.5, 0.6) is 0 Å². The van der Waals surface area contributed by atoms with Gasteiger partial charge in [0.1, 0.15) is 0 Å². The summed E-state index contributed by atoms with van der Waals surface area (Å²) >= 11 is 5.74. The molecule has 0 aliphatic carbocycles. The van der Waals surface area contributed by atoms with Gasteiger partial charge in [-0.15, -0.1) is 0 Å². The van der Waals surface area contributed by atoms with E-state index in [1.165, 1.54) is 0 Å². The zero-order chi connectivity index (χ0) is 11.5. The van der Waals surface area contributed by atoms with Gasteiger partial charge in [0, 0.05) is 5.56 Å². The maximum atomic E-state index is 10.6. The van der Waals surface area contributed by atoms with Crippen molar-refractivity contribution in [3.63, 3.8) is 0 Å². The molecule has 0 N–H and O–H groups in total. The molecular formula is C9H10ClNO3S. The van der Waals surface area contributed by atoms with Crippen LogP contribution in [0.1, 0.15) is 11.1 Å². The maximum absolute atomic E-state index is 10.6. The Balaban J connectivity index is 2.90. The van der Waals surface area contributed by atoms with Gasteiger partial charge in [-0.1, -0.05) is 40.5 Å². The molecule has 1 aromatic carbocycles. The SMILES string of the molecule is Cc1cccc(/C(Cl)=N/OS(C)(=O)=O)c1. The Labute approximate surface area is 93.6 Å². The van der Waals surface area contributed by atoms with Crippen molar-refractivity contribution in [1.82, 2.24) is 0 Å². The van der Waals surface area contributed by atoms with Crippen molar-refractivity contribution in [3.05, 3.63) is 35.4 Å². The fourth-order valence-electron chi connectivity index (χ4n) is 0.927. The number of halogens is 1. The first-order chi connectivity index (χ1) is 6.88. The smallest absolute Gasteiger partial charge is 0.267 e. The summed E-state index contributed by atoms with van der Waals surface area (Å²) in [5.74, 6) is 0. The Bertz CT molecular complexity index is 482.